The lowest BCUT2D eigenvalue weighted by Crippen LogP contribution is -2.50. The van der Waals surface area contributed by atoms with Crippen molar-refractivity contribution in [1.82, 2.24) is 10.3 Å². The zero-order valence-corrected chi connectivity index (χ0v) is 15.2. The zero-order valence-electron chi connectivity index (χ0n) is 15.2. The number of carboxylic acids is 1. The number of carbonyl (C=O) groups excluding carboxylic acids is 2. The van der Waals surface area contributed by atoms with Crippen LogP contribution in [-0.2, 0) is 16.0 Å². The molecule has 2 aromatic carbocycles. The van der Waals surface area contributed by atoms with Crippen LogP contribution >= 0.6 is 0 Å². The molecule has 0 spiro atoms. The van der Waals surface area contributed by atoms with E-state index in [2.05, 4.69) is 10.3 Å². The molecule has 6 heteroatoms. The average Bonchev–Trinajstić information content (AvgIpc) is 3.05. The van der Waals surface area contributed by atoms with Crippen LogP contribution in [0.4, 0.5) is 0 Å². The van der Waals surface area contributed by atoms with E-state index in [0.29, 0.717) is 5.75 Å². The van der Waals surface area contributed by atoms with Crippen molar-refractivity contribution in [2.45, 2.75) is 26.3 Å². The third-order valence-electron chi connectivity index (χ3n) is 4.63. The molecule has 1 amide bonds. The molecular formula is C21H21N2O4-. The van der Waals surface area contributed by atoms with Crippen LogP contribution in [0, 0.1) is 13.8 Å². The minimum Gasteiger partial charge on any atom is -0.548 e. The van der Waals surface area contributed by atoms with Gasteiger partial charge in [-0.3, -0.25) is 4.79 Å². The van der Waals surface area contributed by atoms with E-state index in [1.54, 1.807) is 12.3 Å². The van der Waals surface area contributed by atoms with E-state index in [4.69, 9.17) is 4.74 Å². The second-order valence-corrected chi connectivity index (χ2v) is 6.49. The number of aliphatic carboxylic acids is 1. The predicted molar refractivity (Wildman–Crippen MR) is 100 cm³/mol. The van der Waals surface area contributed by atoms with Gasteiger partial charge >= 0.3 is 0 Å². The summed E-state index contributed by atoms with van der Waals surface area (Å²) in [5.74, 6) is -1.24. The van der Waals surface area contributed by atoms with Gasteiger partial charge in [0.15, 0.2) is 6.61 Å². The molecule has 1 heterocycles. The second kappa shape index (κ2) is 7.95. The first-order chi connectivity index (χ1) is 13.0. The highest BCUT2D eigenvalue weighted by Gasteiger charge is 2.17. The van der Waals surface area contributed by atoms with Crippen LogP contribution in [0.25, 0.3) is 10.9 Å². The van der Waals surface area contributed by atoms with Gasteiger partial charge in [-0.2, -0.15) is 0 Å². The standard InChI is InChI=1S/C21H22N2O4/c1-13-6-5-9-19(14(13)2)27-12-20(24)23-18(21(25)26)10-15-11-22-17-8-4-3-7-16(15)17/h3-9,11,18,22H,10,12H2,1-2H3,(H,23,24)(H,25,26)/p-1/t18-/m1/s1. The molecule has 1 aromatic heterocycles. The number of rotatable bonds is 7. The second-order valence-electron chi connectivity index (χ2n) is 6.49. The largest absolute Gasteiger partial charge is 0.548 e. The molecule has 0 radical (unpaired) electrons. The van der Waals surface area contributed by atoms with E-state index < -0.39 is 17.9 Å². The summed E-state index contributed by atoms with van der Waals surface area (Å²) in [5, 5.41) is 14.9. The number of aryl methyl sites for hydroxylation is 1. The van der Waals surface area contributed by atoms with Gasteiger partial charge in [-0.1, -0.05) is 30.3 Å². The van der Waals surface area contributed by atoms with Crippen molar-refractivity contribution in [1.29, 1.82) is 0 Å². The molecule has 27 heavy (non-hydrogen) atoms. The number of benzene rings is 2. The van der Waals surface area contributed by atoms with Gasteiger partial charge in [-0.05, 0) is 42.7 Å². The number of nitrogens with one attached hydrogen (secondary N) is 2. The van der Waals surface area contributed by atoms with E-state index in [9.17, 15) is 14.7 Å². The summed E-state index contributed by atoms with van der Waals surface area (Å²) < 4.78 is 5.53. The van der Waals surface area contributed by atoms with Crippen molar-refractivity contribution in [3.8, 4) is 5.75 Å². The van der Waals surface area contributed by atoms with Gasteiger partial charge in [0.2, 0.25) is 0 Å². The summed E-state index contributed by atoms with van der Waals surface area (Å²) in [5.41, 5.74) is 3.71. The Labute approximate surface area is 157 Å². The quantitative estimate of drug-likeness (QED) is 0.665. The molecule has 0 aliphatic rings. The van der Waals surface area contributed by atoms with E-state index in [1.807, 2.05) is 50.2 Å². The molecule has 0 saturated heterocycles. The Morgan fingerprint density at radius 1 is 1.15 bits per heavy atom. The number of amides is 1. The lowest BCUT2D eigenvalue weighted by atomic mass is 10.1. The maximum atomic E-state index is 12.2. The highest BCUT2D eigenvalue weighted by atomic mass is 16.5. The molecule has 0 aliphatic heterocycles. The summed E-state index contributed by atoms with van der Waals surface area (Å²) in [6, 6.07) is 12.0. The highest BCUT2D eigenvalue weighted by Crippen LogP contribution is 2.21. The SMILES string of the molecule is Cc1cccc(OCC(=O)N[C@H](Cc2c[nH]c3ccccc23)C(=O)[O-])c1C. The van der Waals surface area contributed by atoms with Gasteiger partial charge in [0.05, 0.1) is 12.0 Å². The molecule has 0 aliphatic carbocycles. The van der Waals surface area contributed by atoms with E-state index >= 15 is 0 Å². The molecule has 140 valence electrons. The van der Waals surface area contributed by atoms with Gasteiger partial charge < -0.3 is 24.9 Å². The highest BCUT2D eigenvalue weighted by molar-refractivity contribution is 5.86. The maximum absolute atomic E-state index is 12.2. The number of aromatic amines is 1. The lowest BCUT2D eigenvalue weighted by Gasteiger charge is -2.20. The molecular weight excluding hydrogens is 344 g/mol. The molecule has 3 aromatic rings. The first kappa shape index (κ1) is 18.5. The van der Waals surface area contributed by atoms with Crippen LogP contribution in [0.1, 0.15) is 16.7 Å². The minimum atomic E-state index is -1.33. The maximum Gasteiger partial charge on any atom is 0.258 e. The minimum absolute atomic E-state index is 0.127. The molecule has 0 unspecified atom stereocenters. The fourth-order valence-electron chi connectivity index (χ4n) is 2.97. The first-order valence-electron chi connectivity index (χ1n) is 8.70. The van der Waals surface area contributed by atoms with E-state index in [0.717, 1.165) is 27.6 Å². The Hall–Kier alpha value is -3.28. The van der Waals surface area contributed by atoms with Crippen LogP contribution in [0.15, 0.2) is 48.7 Å². The number of H-pyrrole nitrogens is 1. The van der Waals surface area contributed by atoms with Crippen molar-refractivity contribution in [3.63, 3.8) is 0 Å². The molecule has 6 nitrogen and oxygen atoms in total. The van der Waals surface area contributed by atoms with Crippen LogP contribution in [-0.4, -0.2) is 29.5 Å². The number of aromatic nitrogens is 1. The van der Waals surface area contributed by atoms with Gasteiger partial charge in [0.25, 0.3) is 5.91 Å². The summed E-state index contributed by atoms with van der Waals surface area (Å²) in [7, 11) is 0. The van der Waals surface area contributed by atoms with Crippen molar-refractivity contribution >= 4 is 22.8 Å². The van der Waals surface area contributed by atoms with Gasteiger partial charge in [-0.25, -0.2) is 0 Å². The summed E-state index contributed by atoms with van der Waals surface area (Å²) in [4.78, 5) is 26.8. The van der Waals surface area contributed by atoms with Crippen molar-refractivity contribution in [2.75, 3.05) is 6.61 Å². The number of fused-ring (bicyclic) bond motifs is 1. The van der Waals surface area contributed by atoms with Crippen molar-refractivity contribution in [3.05, 3.63) is 65.4 Å². The molecule has 3 rings (SSSR count). The van der Waals surface area contributed by atoms with Gasteiger partial charge in [-0.15, -0.1) is 0 Å². The number of carboxylic acid groups (broad SMARTS) is 1. The number of hydrogen-bond acceptors (Lipinski definition) is 4. The Bertz CT molecular complexity index is 977. The van der Waals surface area contributed by atoms with Crippen LogP contribution in [0.5, 0.6) is 5.75 Å². The van der Waals surface area contributed by atoms with Crippen LogP contribution in [0.3, 0.4) is 0 Å². The fourth-order valence-corrected chi connectivity index (χ4v) is 2.97. The molecule has 0 bridgehead atoms. The monoisotopic (exact) mass is 365 g/mol. The van der Waals surface area contributed by atoms with Crippen LogP contribution < -0.4 is 15.2 Å². The number of para-hydroxylation sites is 1. The average molecular weight is 365 g/mol. The summed E-state index contributed by atoms with van der Waals surface area (Å²) >= 11 is 0. The zero-order chi connectivity index (χ0) is 19.4. The van der Waals surface area contributed by atoms with Crippen molar-refractivity contribution < 1.29 is 19.4 Å². The van der Waals surface area contributed by atoms with E-state index in [-0.39, 0.29) is 13.0 Å². The summed E-state index contributed by atoms with van der Waals surface area (Å²) in [6.45, 7) is 3.60. The Morgan fingerprint density at radius 2 is 1.93 bits per heavy atom. The molecule has 1 atom stereocenters. The van der Waals surface area contributed by atoms with Crippen LogP contribution in [0.2, 0.25) is 0 Å². The lowest BCUT2D eigenvalue weighted by molar-refractivity contribution is -0.308. The fraction of sp³-hybridized carbons (Fsp3) is 0.238. The van der Waals surface area contributed by atoms with Crippen molar-refractivity contribution in [2.24, 2.45) is 0 Å². The normalized spacial score (nSPS) is 11.9. The van der Waals surface area contributed by atoms with Gasteiger partial charge in [0.1, 0.15) is 5.75 Å². The smallest absolute Gasteiger partial charge is 0.258 e. The summed E-state index contributed by atoms with van der Waals surface area (Å²) in [6.07, 6.45) is 1.88. The Kier molecular flexibility index (Phi) is 5.45. The molecule has 0 saturated carbocycles. The molecule has 0 fully saturated rings. The third kappa shape index (κ3) is 4.28. The number of hydrogen-bond donors (Lipinski definition) is 2. The van der Waals surface area contributed by atoms with E-state index in [1.165, 1.54) is 0 Å². The topological polar surface area (TPSA) is 94.2 Å². The number of carbonyl (C=O) groups is 2. The third-order valence-corrected chi connectivity index (χ3v) is 4.63. The first-order valence-corrected chi connectivity index (χ1v) is 8.70. The van der Waals surface area contributed by atoms with Gasteiger partial charge in [0, 0.05) is 23.5 Å². The predicted octanol–water partition coefficient (Wildman–Crippen LogP) is 1.64. The Balaban J connectivity index is 1.64. The number of ether oxygens (including phenoxy) is 1. The molecule has 2 N–H and O–H groups in total. The Morgan fingerprint density at radius 3 is 2.70 bits per heavy atom.